The highest BCUT2D eigenvalue weighted by atomic mass is 16.5. The Bertz CT molecular complexity index is 332. The van der Waals surface area contributed by atoms with E-state index in [1.54, 1.807) is 7.11 Å². The van der Waals surface area contributed by atoms with Crippen molar-refractivity contribution in [2.24, 2.45) is 0 Å². The van der Waals surface area contributed by atoms with Crippen LogP contribution in [0.3, 0.4) is 0 Å². The molecule has 0 spiro atoms. The van der Waals surface area contributed by atoms with Crippen molar-refractivity contribution in [1.29, 1.82) is 0 Å². The molecule has 0 aromatic carbocycles. The molecule has 1 N–H and O–H groups in total. The molecule has 15 heavy (non-hydrogen) atoms. The molecule has 1 aromatic rings. The lowest BCUT2D eigenvalue weighted by atomic mass is 10.1. The molecule has 0 bridgehead atoms. The average Bonchev–Trinajstić information content (AvgIpc) is 2.71. The summed E-state index contributed by atoms with van der Waals surface area (Å²) in [7, 11) is 1.66. The Morgan fingerprint density at radius 1 is 1.60 bits per heavy atom. The number of methoxy groups -OCH3 is 1. The summed E-state index contributed by atoms with van der Waals surface area (Å²) < 4.78 is 5.14. The standard InChI is InChI=1S/C12H18N2O/c1-9-6-10(8-14-12(9)15-2)7-11-4-3-5-13-11/h6,8,11,13H,3-5,7H2,1-2H3. The molecule has 1 atom stereocenters. The second-order valence-corrected chi connectivity index (χ2v) is 4.17. The second kappa shape index (κ2) is 4.62. The van der Waals surface area contributed by atoms with Gasteiger partial charge in [0, 0.05) is 17.8 Å². The van der Waals surface area contributed by atoms with Crippen LogP contribution in [0.5, 0.6) is 5.88 Å². The van der Waals surface area contributed by atoms with Gasteiger partial charge >= 0.3 is 0 Å². The van der Waals surface area contributed by atoms with E-state index in [9.17, 15) is 0 Å². The first-order valence-electron chi connectivity index (χ1n) is 5.52. The number of hydrogen-bond acceptors (Lipinski definition) is 3. The highest BCUT2D eigenvalue weighted by molar-refractivity contribution is 5.28. The van der Waals surface area contributed by atoms with E-state index in [0.29, 0.717) is 6.04 Å². The largest absolute Gasteiger partial charge is 0.481 e. The van der Waals surface area contributed by atoms with Gasteiger partial charge in [-0.05, 0) is 44.4 Å². The topological polar surface area (TPSA) is 34.1 Å². The molecule has 3 nitrogen and oxygen atoms in total. The molecule has 1 fully saturated rings. The summed E-state index contributed by atoms with van der Waals surface area (Å²) in [5.74, 6) is 0.734. The summed E-state index contributed by atoms with van der Waals surface area (Å²) in [4.78, 5) is 4.29. The smallest absolute Gasteiger partial charge is 0.215 e. The van der Waals surface area contributed by atoms with Crippen molar-refractivity contribution >= 4 is 0 Å². The number of pyridine rings is 1. The molecule has 2 heterocycles. The molecule has 3 heteroatoms. The van der Waals surface area contributed by atoms with Crippen LogP contribution in [0.1, 0.15) is 24.0 Å². The summed E-state index contributed by atoms with van der Waals surface area (Å²) in [6, 6.07) is 2.81. The van der Waals surface area contributed by atoms with Crippen molar-refractivity contribution in [3.63, 3.8) is 0 Å². The lowest BCUT2D eigenvalue weighted by molar-refractivity contribution is 0.394. The lowest BCUT2D eigenvalue weighted by Crippen LogP contribution is -2.23. The van der Waals surface area contributed by atoms with E-state index in [1.807, 2.05) is 13.1 Å². The van der Waals surface area contributed by atoms with Gasteiger partial charge in [-0.2, -0.15) is 0 Å². The SMILES string of the molecule is COc1ncc(CC2CCCN2)cc1C. The fourth-order valence-electron chi connectivity index (χ4n) is 2.16. The van der Waals surface area contributed by atoms with Crippen LogP contribution < -0.4 is 10.1 Å². The predicted molar refractivity (Wildman–Crippen MR) is 60.3 cm³/mol. The zero-order chi connectivity index (χ0) is 10.7. The van der Waals surface area contributed by atoms with E-state index in [4.69, 9.17) is 4.74 Å². The number of hydrogen-bond donors (Lipinski definition) is 1. The summed E-state index contributed by atoms with van der Waals surface area (Å²) in [5, 5.41) is 3.49. The van der Waals surface area contributed by atoms with Crippen LogP contribution >= 0.6 is 0 Å². The van der Waals surface area contributed by atoms with Gasteiger partial charge in [0.2, 0.25) is 5.88 Å². The van der Waals surface area contributed by atoms with Crippen LogP contribution in [0.4, 0.5) is 0 Å². The molecule has 2 rings (SSSR count). The van der Waals surface area contributed by atoms with Crippen molar-refractivity contribution in [3.8, 4) is 5.88 Å². The molecule has 1 unspecified atom stereocenters. The molecule has 1 saturated heterocycles. The normalized spacial score (nSPS) is 20.5. The second-order valence-electron chi connectivity index (χ2n) is 4.17. The van der Waals surface area contributed by atoms with E-state index in [2.05, 4.69) is 16.4 Å². The molecule has 1 aliphatic rings. The quantitative estimate of drug-likeness (QED) is 0.817. The molecular formula is C12H18N2O. The van der Waals surface area contributed by atoms with Gasteiger partial charge in [-0.25, -0.2) is 4.98 Å². The van der Waals surface area contributed by atoms with Crippen LogP contribution in [-0.2, 0) is 6.42 Å². The summed E-state index contributed by atoms with van der Waals surface area (Å²) in [6.07, 6.45) is 5.59. The summed E-state index contributed by atoms with van der Waals surface area (Å²) >= 11 is 0. The Morgan fingerprint density at radius 3 is 3.07 bits per heavy atom. The zero-order valence-electron chi connectivity index (χ0n) is 9.42. The summed E-state index contributed by atoms with van der Waals surface area (Å²) in [6.45, 7) is 3.20. The number of ether oxygens (including phenoxy) is 1. The van der Waals surface area contributed by atoms with E-state index < -0.39 is 0 Å². The first-order valence-corrected chi connectivity index (χ1v) is 5.52. The van der Waals surface area contributed by atoms with Gasteiger partial charge in [-0.15, -0.1) is 0 Å². The minimum atomic E-state index is 0.639. The van der Waals surface area contributed by atoms with Crippen molar-refractivity contribution in [2.75, 3.05) is 13.7 Å². The van der Waals surface area contributed by atoms with Crippen LogP contribution in [0.25, 0.3) is 0 Å². The van der Waals surface area contributed by atoms with E-state index in [-0.39, 0.29) is 0 Å². The Morgan fingerprint density at radius 2 is 2.47 bits per heavy atom. The monoisotopic (exact) mass is 206 g/mol. The molecule has 0 amide bonds. The van der Waals surface area contributed by atoms with Crippen molar-refractivity contribution in [1.82, 2.24) is 10.3 Å². The van der Waals surface area contributed by atoms with Gasteiger partial charge < -0.3 is 10.1 Å². The third-order valence-corrected chi connectivity index (χ3v) is 2.92. The summed E-state index contributed by atoms with van der Waals surface area (Å²) in [5.41, 5.74) is 2.42. The van der Waals surface area contributed by atoms with Gasteiger partial charge in [0.25, 0.3) is 0 Å². The van der Waals surface area contributed by atoms with Gasteiger partial charge in [-0.1, -0.05) is 0 Å². The van der Waals surface area contributed by atoms with Crippen LogP contribution in [-0.4, -0.2) is 24.7 Å². The van der Waals surface area contributed by atoms with Crippen LogP contribution in [0.2, 0.25) is 0 Å². The Hall–Kier alpha value is -1.09. The highest BCUT2D eigenvalue weighted by Crippen LogP contribution is 2.17. The van der Waals surface area contributed by atoms with Crippen molar-refractivity contribution < 1.29 is 4.74 Å². The molecule has 0 saturated carbocycles. The first kappa shape index (κ1) is 10.4. The van der Waals surface area contributed by atoms with E-state index in [1.165, 1.54) is 18.4 Å². The minimum absolute atomic E-state index is 0.639. The van der Waals surface area contributed by atoms with Crippen LogP contribution in [0, 0.1) is 6.92 Å². The van der Waals surface area contributed by atoms with Gasteiger partial charge in [0.05, 0.1) is 7.11 Å². The molecule has 1 aromatic heterocycles. The van der Waals surface area contributed by atoms with Gasteiger partial charge in [0.15, 0.2) is 0 Å². The maximum absolute atomic E-state index is 5.14. The third-order valence-electron chi connectivity index (χ3n) is 2.92. The zero-order valence-corrected chi connectivity index (χ0v) is 9.42. The highest BCUT2D eigenvalue weighted by Gasteiger charge is 2.14. The maximum Gasteiger partial charge on any atom is 0.215 e. The lowest BCUT2D eigenvalue weighted by Gasteiger charge is -2.11. The van der Waals surface area contributed by atoms with Gasteiger partial charge in [0.1, 0.15) is 0 Å². The first-order chi connectivity index (χ1) is 7.29. The predicted octanol–water partition coefficient (Wildman–Crippen LogP) is 1.69. The van der Waals surface area contributed by atoms with Crippen molar-refractivity contribution in [3.05, 3.63) is 23.4 Å². The number of aryl methyl sites for hydroxylation is 1. The molecule has 82 valence electrons. The fourth-order valence-corrected chi connectivity index (χ4v) is 2.16. The van der Waals surface area contributed by atoms with Gasteiger partial charge in [-0.3, -0.25) is 0 Å². The molecule has 0 aliphatic carbocycles. The third kappa shape index (κ3) is 2.48. The Kier molecular flexibility index (Phi) is 3.21. The molecular weight excluding hydrogens is 188 g/mol. The Labute approximate surface area is 90.9 Å². The number of nitrogens with one attached hydrogen (secondary N) is 1. The van der Waals surface area contributed by atoms with Crippen molar-refractivity contribution in [2.45, 2.75) is 32.2 Å². The van der Waals surface area contributed by atoms with Crippen LogP contribution in [0.15, 0.2) is 12.3 Å². The number of aromatic nitrogens is 1. The minimum Gasteiger partial charge on any atom is -0.481 e. The molecule has 1 aliphatic heterocycles. The molecule has 0 radical (unpaired) electrons. The van der Waals surface area contributed by atoms with E-state index in [0.717, 1.165) is 24.4 Å². The number of rotatable bonds is 3. The fraction of sp³-hybridized carbons (Fsp3) is 0.583. The average molecular weight is 206 g/mol. The van der Waals surface area contributed by atoms with E-state index >= 15 is 0 Å². The Balaban J connectivity index is 2.05. The number of nitrogens with zero attached hydrogens (tertiary/aromatic N) is 1. The maximum atomic E-state index is 5.14.